The Morgan fingerprint density at radius 2 is 1.96 bits per heavy atom. The van der Waals surface area contributed by atoms with Crippen molar-refractivity contribution in [1.82, 2.24) is 10.2 Å². The number of hydrogen-bond donors (Lipinski definition) is 1. The van der Waals surface area contributed by atoms with Gasteiger partial charge in [-0.3, -0.25) is 9.69 Å². The number of nitrogens with one attached hydrogen (secondary N) is 1. The van der Waals surface area contributed by atoms with Crippen molar-refractivity contribution in [1.29, 1.82) is 0 Å². The first-order valence-corrected chi connectivity index (χ1v) is 9.61. The van der Waals surface area contributed by atoms with Gasteiger partial charge in [0, 0.05) is 25.7 Å². The third kappa shape index (κ3) is 4.00. The number of hydrogen-bond acceptors (Lipinski definition) is 3. The molecule has 1 aromatic carbocycles. The number of halogens is 1. The van der Waals surface area contributed by atoms with Gasteiger partial charge in [0.1, 0.15) is 4.88 Å². The van der Waals surface area contributed by atoms with Crippen molar-refractivity contribution in [3.8, 4) is 0 Å². The third-order valence-corrected chi connectivity index (χ3v) is 6.38. The standard InChI is InChI=1S/C19H23ClN2OS/c1-13-5-3-4-6-15(13)11-22-9-7-16(8-10-22)21-19(23)18-17(20)14(2)12-24-18/h3-6,12,16H,7-11H2,1-2H3,(H,21,23). The van der Waals surface area contributed by atoms with Crippen molar-refractivity contribution < 1.29 is 4.79 Å². The monoisotopic (exact) mass is 362 g/mol. The van der Waals surface area contributed by atoms with Gasteiger partial charge in [-0.1, -0.05) is 35.9 Å². The van der Waals surface area contributed by atoms with Crippen molar-refractivity contribution >= 4 is 28.8 Å². The first kappa shape index (κ1) is 17.5. The fourth-order valence-corrected chi connectivity index (χ4v) is 4.28. The van der Waals surface area contributed by atoms with Crippen LogP contribution in [0, 0.1) is 13.8 Å². The molecule has 0 radical (unpaired) electrons. The minimum absolute atomic E-state index is 0.0320. The Bertz CT molecular complexity index is 720. The first-order valence-electron chi connectivity index (χ1n) is 8.36. The molecule has 0 saturated carbocycles. The Balaban J connectivity index is 1.51. The van der Waals surface area contributed by atoms with Gasteiger partial charge < -0.3 is 5.32 Å². The highest BCUT2D eigenvalue weighted by atomic mass is 35.5. The van der Waals surface area contributed by atoms with Crippen LogP contribution < -0.4 is 5.32 Å². The van der Waals surface area contributed by atoms with Gasteiger partial charge >= 0.3 is 0 Å². The van der Waals surface area contributed by atoms with Gasteiger partial charge in [-0.05, 0) is 48.8 Å². The fraction of sp³-hybridized carbons (Fsp3) is 0.421. The maximum atomic E-state index is 12.4. The first-order chi connectivity index (χ1) is 11.5. The van der Waals surface area contributed by atoms with E-state index in [1.807, 2.05) is 12.3 Å². The van der Waals surface area contributed by atoms with Crippen LogP contribution in [0.3, 0.4) is 0 Å². The number of rotatable bonds is 4. The summed E-state index contributed by atoms with van der Waals surface area (Å²) in [6.45, 7) is 7.10. The summed E-state index contributed by atoms with van der Waals surface area (Å²) in [5.41, 5.74) is 3.70. The average molecular weight is 363 g/mol. The van der Waals surface area contributed by atoms with Crippen LogP contribution in [0.15, 0.2) is 29.6 Å². The van der Waals surface area contributed by atoms with Crippen molar-refractivity contribution in [3.63, 3.8) is 0 Å². The number of likely N-dealkylation sites (tertiary alicyclic amines) is 1. The molecule has 3 nitrogen and oxygen atoms in total. The van der Waals surface area contributed by atoms with E-state index in [1.54, 1.807) is 0 Å². The van der Waals surface area contributed by atoms with E-state index in [9.17, 15) is 4.79 Å². The molecule has 2 heterocycles. The molecule has 0 bridgehead atoms. The molecule has 0 unspecified atom stereocenters. The maximum absolute atomic E-state index is 12.4. The number of carbonyl (C=O) groups is 1. The number of piperidine rings is 1. The molecule has 1 N–H and O–H groups in total. The van der Waals surface area contributed by atoms with Gasteiger partial charge in [-0.15, -0.1) is 11.3 Å². The van der Waals surface area contributed by atoms with E-state index >= 15 is 0 Å². The molecule has 0 aliphatic carbocycles. The lowest BCUT2D eigenvalue weighted by Crippen LogP contribution is -2.44. The van der Waals surface area contributed by atoms with Gasteiger partial charge in [0.15, 0.2) is 0 Å². The van der Waals surface area contributed by atoms with Crippen LogP contribution in [0.1, 0.15) is 39.2 Å². The molecule has 1 saturated heterocycles. The zero-order valence-electron chi connectivity index (χ0n) is 14.1. The molecule has 1 amide bonds. The van der Waals surface area contributed by atoms with Gasteiger partial charge in [0.2, 0.25) is 0 Å². The average Bonchev–Trinajstić information content (AvgIpc) is 2.91. The Hall–Kier alpha value is -1.36. The molecule has 2 aromatic rings. The second kappa shape index (κ2) is 7.68. The van der Waals surface area contributed by atoms with Crippen LogP contribution in [0.2, 0.25) is 5.02 Å². The summed E-state index contributed by atoms with van der Waals surface area (Å²) in [5.74, 6) is -0.0320. The molecule has 1 aliphatic rings. The molecule has 1 aliphatic heterocycles. The van der Waals surface area contributed by atoms with E-state index in [0.717, 1.165) is 38.0 Å². The normalized spacial score (nSPS) is 16.3. The summed E-state index contributed by atoms with van der Waals surface area (Å²) in [6.07, 6.45) is 1.97. The molecular formula is C19H23ClN2OS. The minimum atomic E-state index is -0.0320. The smallest absolute Gasteiger partial charge is 0.263 e. The van der Waals surface area contributed by atoms with Crippen LogP contribution in [0.4, 0.5) is 0 Å². The third-order valence-electron chi connectivity index (χ3n) is 4.68. The number of thiophene rings is 1. The number of benzene rings is 1. The fourth-order valence-electron chi connectivity index (χ4n) is 3.10. The Morgan fingerprint density at radius 3 is 2.58 bits per heavy atom. The van der Waals surface area contributed by atoms with Crippen LogP contribution >= 0.6 is 22.9 Å². The molecule has 24 heavy (non-hydrogen) atoms. The second-order valence-electron chi connectivity index (χ2n) is 6.51. The van der Waals surface area contributed by atoms with Gasteiger partial charge in [-0.2, -0.15) is 0 Å². The lowest BCUT2D eigenvalue weighted by molar-refractivity contribution is 0.0913. The number of carbonyl (C=O) groups excluding carboxylic acids is 1. The highest BCUT2D eigenvalue weighted by Crippen LogP contribution is 2.27. The SMILES string of the molecule is Cc1ccccc1CN1CCC(NC(=O)c2scc(C)c2Cl)CC1. The topological polar surface area (TPSA) is 32.3 Å². The van der Waals surface area contributed by atoms with E-state index in [0.29, 0.717) is 9.90 Å². The van der Waals surface area contributed by atoms with Crippen molar-refractivity contribution in [3.05, 3.63) is 56.2 Å². The summed E-state index contributed by atoms with van der Waals surface area (Å²) in [6, 6.07) is 8.78. The summed E-state index contributed by atoms with van der Waals surface area (Å²) < 4.78 is 0. The predicted molar refractivity (Wildman–Crippen MR) is 101 cm³/mol. The quantitative estimate of drug-likeness (QED) is 0.873. The largest absolute Gasteiger partial charge is 0.348 e. The highest BCUT2D eigenvalue weighted by Gasteiger charge is 2.23. The molecule has 128 valence electrons. The van der Waals surface area contributed by atoms with Gasteiger partial charge in [0.25, 0.3) is 5.91 Å². The number of aryl methyl sites for hydroxylation is 2. The van der Waals surface area contributed by atoms with E-state index < -0.39 is 0 Å². The zero-order chi connectivity index (χ0) is 17.1. The van der Waals surface area contributed by atoms with Crippen LogP contribution in [-0.2, 0) is 6.54 Å². The Kier molecular flexibility index (Phi) is 5.59. The van der Waals surface area contributed by atoms with Crippen molar-refractivity contribution in [2.45, 2.75) is 39.3 Å². The molecule has 1 aromatic heterocycles. The van der Waals surface area contributed by atoms with E-state index in [-0.39, 0.29) is 11.9 Å². The minimum Gasteiger partial charge on any atom is -0.348 e. The number of amides is 1. The van der Waals surface area contributed by atoms with Crippen LogP contribution in [-0.4, -0.2) is 29.9 Å². The van der Waals surface area contributed by atoms with Gasteiger partial charge in [-0.25, -0.2) is 0 Å². The Morgan fingerprint density at radius 1 is 1.25 bits per heavy atom. The van der Waals surface area contributed by atoms with Crippen molar-refractivity contribution in [2.24, 2.45) is 0 Å². The lowest BCUT2D eigenvalue weighted by atomic mass is 10.0. The van der Waals surface area contributed by atoms with Gasteiger partial charge in [0.05, 0.1) is 5.02 Å². The van der Waals surface area contributed by atoms with Crippen LogP contribution in [0.25, 0.3) is 0 Å². The maximum Gasteiger partial charge on any atom is 0.263 e. The molecule has 5 heteroatoms. The molecule has 0 atom stereocenters. The van der Waals surface area contributed by atoms with E-state index in [2.05, 4.69) is 41.4 Å². The zero-order valence-corrected chi connectivity index (χ0v) is 15.7. The summed E-state index contributed by atoms with van der Waals surface area (Å²) >= 11 is 7.61. The molecule has 3 rings (SSSR count). The van der Waals surface area contributed by atoms with E-state index in [4.69, 9.17) is 11.6 Å². The second-order valence-corrected chi connectivity index (χ2v) is 7.77. The number of nitrogens with zero attached hydrogens (tertiary/aromatic N) is 1. The molecule has 1 fully saturated rings. The lowest BCUT2D eigenvalue weighted by Gasteiger charge is -2.32. The molecule has 0 spiro atoms. The van der Waals surface area contributed by atoms with Crippen LogP contribution in [0.5, 0.6) is 0 Å². The molecular weight excluding hydrogens is 340 g/mol. The predicted octanol–water partition coefficient (Wildman–Crippen LogP) is 4.41. The summed E-state index contributed by atoms with van der Waals surface area (Å²) in [4.78, 5) is 15.5. The summed E-state index contributed by atoms with van der Waals surface area (Å²) in [7, 11) is 0. The highest BCUT2D eigenvalue weighted by molar-refractivity contribution is 7.13. The Labute approximate surface area is 152 Å². The van der Waals surface area contributed by atoms with E-state index in [1.165, 1.54) is 22.5 Å². The summed E-state index contributed by atoms with van der Waals surface area (Å²) in [5, 5.41) is 5.67. The van der Waals surface area contributed by atoms with Crippen molar-refractivity contribution in [2.75, 3.05) is 13.1 Å².